The molecule has 1 aromatic carbocycles. The number of nitrogens with one attached hydrogen (secondary N) is 1. The van der Waals surface area contributed by atoms with E-state index in [2.05, 4.69) is 22.1 Å². The van der Waals surface area contributed by atoms with Crippen LogP contribution in [0.4, 0.5) is 4.39 Å². The smallest absolute Gasteiger partial charge is 0.335 e. The molecule has 1 amide bonds. The van der Waals surface area contributed by atoms with Crippen LogP contribution in [0.15, 0.2) is 47.4 Å². The lowest BCUT2D eigenvalue weighted by atomic mass is 9.99. The van der Waals surface area contributed by atoms with Gasteiger partial charge in [-0.25, -0.2) is 18.7 Å². The van der Waals surface area contributed by atoms with Crippen molar-refractivity contribution in [3.63, 3.8) is 0 Å². The van der Waals surface area contributed by atoms with Gasteiger partial charge in [0.15, 0.2) is 5.65 Å². The predicted molar refractivity (Wildman–Crippen MR) is 113 cm³/mol. The molecule has 3 aromatic rings. The summed E-state index contributed by atoms with van der Waals surface area (Å²) in [6.45, 7) is 5.67. The highest BCUT2D eigenvalue weighted by atomic mass is 19.1. The van der Waals surface area contributed by atoms with E-state index in [9.17, 15) is 14.0 Å². The Bertz CT molecular complexity index is 1080. The summed E-state index contributed by atoms with van der Waals surface area (Å²) in [7, 11) is 0. The highest BCUT2D eigenvalue weighted by molar-refractivity contribution is 5.80. The van der Waals surface area contributed by atoms with Crippen LogP contribution in [0.3, 0.4) is 0 Å². The van der Waals surface area contributed by atoms with E-state index < -0.39 is 0 Å². The molecule has 1 saturated heterocycles. The molecule has 0 aliphatic carbocycles. The Morgan fingerprint density at radius 1 is 1.20 bits per heavy atom. The standard InChI is InChI=1S/C22H26FN5O2/c1-16-8-12-26(13-9-16)14-11-24-20(29)15-27-19-3-2-10-25-21(19)28(22(27)30)18-6-4-17(23)5-7-18/h2-7,10,16H,8-9,11-15H2,1H3,(H,24,29). The van der Waals surface area contributed by atoms with Crippen LogP contribution in [0.5, 0.6) is 0 Å². The minimum absolute atomic E-state index is 0.0910. The van der Waals surface area contributed by atoms with Crippen LogP contribution in [0.1, 0.15) is 19.8 Å². The molecule has 0 bridgehead atoms. The van der Waals surface area contributed by atoms with E-state index in [1.54, 1.807) is 18.3 Å². The number of aromatic nitrogens is 3. The fourth-order valence-corrected chi connectivity index (χ4v) is 3.90. The van der Waals surface area contributed by atoms with E-state index in [0.29, 0.717) is 23.4 Å². The molecule has 7 nitrogen and oxygen atoms in total. The number of nitrogens with zero attached hydrogens (tertiary/aromatic N) is 4. The van der Waals surface area contributed by atoms with Crippen molar-refractivity contribution in [2.45, 2.75) is 26.3 Å². The Morgan fingerprint density at radius 3 is 2.67 bits per heavy atom. The molecule has 1 N–H and O–H groups in total. The SMILES string of the molecule is CC1CCN(CCNC(=O)Cn2c(=O)n(-c3ccc(F)cc3)c3ncccc32)CC1. The second kappa shape index (κ2) is 8.79. The molecule has 1 aliphatic heterocycles. The molecule has 1 aliphatic rings. The summed E-state index contributed by atoms with van der Waals surface area (Å²) in [5.74, 6) is 0.172. The van der Waals surface area contributed by atoms with E-state index in [0.717, 1.165) is 25.6 Å². The number of hydrogen-bond donors (Lipinski definition) is 1. The minimum Gasteiger partial charge on any atom is -0.353 e. The predicted octanol–water partition coefficient (Wildman–Crippen LogP) is 2.17. The van der Waals surface area contributed by atoms with Gasteiger partial charge < -0.3 is 10.2 Å². The number of benzene rings is 1. The molecule has 8 heteroatoms. The Kier molecular flexibility index (Phi) is 5.94. The summed E-state index contributed by atoms with van der Waals surface area (Å²) in [6.07, 6.45) is 3.98. The normalized spacial score (nSPS) is 15.5. The fraction of sp³-hybridized carbons (Fsp3) is 0.409. The number of piperidine rings is 1. The van der Waals surface area contributed by atoms with Gasteiger partial charge in [0.25, 0.3) is 0 Å². The average Bonchev–Trinajstić information content (AvgIpc) is 3.02. The van der Waals surface area contributed by atoms with Gasteiger partial charge in [-0.15, -0.1) is 0 Å². The molecule has 4 rings (SSSR count). The second-order valence-corrected chi connectivity index (χ2v) is 7.90. The molecule has 30 heavy (non-hydrogen) atoms. The lowest BCUT2D eigenvalue weighted by Crippen LogP contribution is -2.40. The average molecular weight is 411 g/mol. The zero-order valence-corrected chi connectivity index (χ0v) is 17.1. The maximum Gasteiger partial charge on any atom is 0.335 e. The maximum absolute atomic E-state index is 13.3. The quantitative estimate of drug-likeness (QED) is 0.675. The molecular weight excluding hydrogens is 385 g/mol. The second-order valence-electron chi connectivity index (χ2n) is 7.90. The van der Waals surface area contributed by atoms with Crippen LogP contribution >= 0.6 is 0 Å². The molecule has 1 fully saturated rings. The van der Waals surface area contributed by atoms with Gasteiger partial charge in [-0.2, -0.15) is 0 Å². The van der Waals surface area contributed by atoms with Gasteiger partial charge >= 0.3 is 5.69 Å². The van der Waals surface area contributed by atoms with Crippen LogP contribution in [-0.4, -0.2) is 51.1 Å². The number of rotatable bonds is 6. The first-order valence-electron chi connectivity index (χ1n) is 10.3. The number of carbonyl (C=O) groups excluding carboxylic acids is 1. The van der Waals surface area contributed by atoms with Crippen molar-refractivity contribution >= 4 is 17.1 Å². The third kappa shape index (κ3) is 4.28. The van der Waals surface area contributed by atoms with Crippen LogP contribution in [0.25, 0.3) is 16.9 Å². The maximum atomic E-state index is 13.3. The van der Waals surface area contributed by atoms with Crippen molar-refractivity contribution in [1.82, 2.24) is 24.3 Å². The third-order valence-corrected chi connectivity index (χ3v) is 5.70. The molecule has 3 heterocycles. The molecule has 0 radical (unpaired) electrons. The van der Waals surface area contributed by atoms with E-state index in [1.165, 1.54) is 46.2 Å². The number of pyridine rings is 1. The minimum atomic E-state index is -0.383. The molecule has 0 spiro atoms. The Balaban J connectivity index is 1.49. The van der Waals surface area contributed by atoms with E-state index in [4.69, 9.17) is 0 Å². The Hall–Kier alpha value is -3.00. The van der Waals surface area contributed by atoms with Crippen LogP contribution in [0, 0.1) is 11.7 Å². The number of amides is 1. The third-order valence-electron chi connectivity index (χ3n) is 5.70. The topological polar surface area (TPSA) is 72.2 Å². The van der Waals surface area contributed by atoms with Crippen LogP contribution in [0.2, 0.25) is 0 Å². The van der Waals surface area contributed by atoms with Gasteiger partial charge in [-0.3, -0.25) is 9.36 Å². The van der Waals surface area contributed by atoms with Gasteiger partial charge in [-0.1, -0.05) is 6.92 Å². The van der Waals surface area contributed by atoms with Gasteiger partial charge in [0.05, 0.1) is 11.2 Å². The summed E-state index contributed by atoms with van der Waals surface area (Å²) in [4.78, 5) is 32.3. The van der Waals surface area contributed by atoms with Gasteiger partial charge in [0.1, 0.15) is 12.4 Å². The number of imidazole rings is 1. The Morgan fingerprint density at radius 2 is 1.93 bits per heavy atom. The molecule has 158 valence electrons. The number of fused-ring (bicyclic) bond motifs is 1. The van der Waals surface area contributed by atoms with Gasteiger partial charge in [-0.05, 0) is 68.2 Å². The number of halogens is 1. The highest BCUT2D eigenvalue weighted by Crippen LogP contribution is 2.16. The summed E-state index contributed by atoms with van der Waals surface area (Å²) in [5.41, 5.74) is 1.12. The van der Waals surface area contributed by atoms with Crippen molar-refractivity contribution in [1.29, 1.82) is 0 Å². The largest absolute Gasteiger partial charge is 0.353 e. The molecule has 0 unspecified atom stereocenters. The van der Waals surface area contributed by atoms with E-state index in [-0.39, 0.29) is 24.0 Å². The zero-order chi connectivity index (χ0) is 21.1. The van der Waals surface area contributed by atoms with Gasteiger partial charge in [0.2, 0.25) is 5.91 Å². The number of hydrogen-bond acceptors (Lipinski definition) is 4. The molecular formula is C22H26FN5O2. The number of carbonyl (C=O) groups is 1. The Labute approximate surface area is 174 Å². The van der Waals surface area contributed by atoms with Crippen molar-refractivity contribution in [2.75, 3.05) is 26.2 Å². The van der Waals surface area contributed by atoms with Crippen molar-refractivity contribution in [3.8, 4) is 5.69 Å². The summed E-state index contributed by atoms with van der Waals surface area (Å²) in [6, 6.07) is 9.11. The van der Waals surface area contributed by atoms with Crippen molar-refractivity contribution in [3.05, 3.63) is 58.9 Å². The highest BCUT2D eigenvalue weighted by Gasteiger charge is 2.18. The van der Waals surface area contributed by atoms with Crippen molar-refractivity contribution in [2.24, 2.45) is 5.92 Å². The summed E-state index contributed by atoms with van der Waals surface area (Å²) >= 11 is 0. The molecule has 0 saturated carbocycles. The van der Waals surface area contributed by atoms with Crippen LogP contribution in [-0.2, 0) is 11.3 Å². The lowest BCUT2D eigenvalue weighted by Gasteiger charge is -2.30. The van der Waals surface area contributed by atoms with Crippen molar-refractivity contribution < 1.29 is 9.18 Å². The zero-order valence-electron chi connectivity index (χ0n) is 17.1. The van der Waals surface area contributed by atoms with Gasteiger partial charge in [0, 0.05) is 19.3 Å². The lowest BCUT2D eigenvalue weighted by molar-refractivity contribution is -0.121. The first kappa shape index (κ1) is 20.3. The number of likely N-dealkylation sites (tertiary alicyclic amines) is 1. The van der Waals surface area contributed by atoms with E-state index >= 15 is 0 Å². The first-order valence-corrected chi connectivity index (χ1v) is 10.3. The molecule has 2 aromatic heterocycles. The summed E-state index contributed by atoms with van der Waals surface area (Å²) in [5, 5.41) is 2.92. The monoisotopic (exact) mass is 411 g/mol. The van der Waals surface area contributed by atoms with E-state index in [1.807, 2.05) is 0 Å². The molecule has 0 atom stereocenters. The first-order chi connectivity index (χ1) is 14.5. The summed E-state index contributed by atoms with van der Waals surface area (Å²) < 4.78 is 16.1. The van der Waals surface area contributed by atoms with Crippen LogP contribution < -0.4 is 11.0 Å². The fourth-order valence-electron chi connectivity index (χ4n) is 3.90.